The summed E-state index contributed by atoms with van der Waals surface area (Å²) in [6.07, 6.45) is -0.590. The first kappa shape index (κ1) is 15.7. The summed E-state index contributed by atoms with van der Waals surface area (Å²) >= 11 is 0. The van der Waals surface area contributed by atoms with Gasteiger partial charge in [-0.25, -0.2) is 9.59 Å². The Labute approximate surface area is 128 Å². The number of carbonyl (C=O) groups excluding carboxylic acids is 2. The minimum absolute atomic E-state index is 0.0803. The molecule has 22 heavy (non-hydrogen) atoms. The van der Waals surface area contributed by atoms with Crippen LogP contribution < -0.4 is 5.73 Å². The van der Waals surface area contributed by atoms with Gasteiger partial charge in [-0.15, -0.1) is 0 Å². The van der Waals surface area contributed by atoms with Crippen LogP contribution in [0, 0.1) is 0 Å². The van der Waals surface area contributed by atoms with Gasteiger partial charge in [0.1, 0.15) is 0 Å². The smallest absolute Gasteiger partial charge is 0.339 e. The molecule has 0 aliphatic rings. The molecule has 0 aliphatic heterocycles. The molecule has 5 heteroatoms. The van der Waals surface area contributed by atoms with Crippen molar-refractivity contribution in [3.8, 4) is 0 Å². The number of benzene rings is 2. The number of hydrogen-bond acceptors (Lipinski definition) is 5. The lowest BCUT2D eigenvalue weighted by atomic mass is 10.2. The lowest BCUT2D eigenvalue weighted by Gasteiger charge is -2.13. The van der Waals surface area contributed by atoms with Crippen LogP contribution in [-0.4, -0.2) is 24.8 Å². The van der Waals surface area contributed by atoms with Crippen LogP contribution in [0.3, 0.4) is 0 Å². The Bertz CT molecular complexity index is 613. The number of rotatable bonds is 6. The minimum atomic E-state index is -0.823. The van der Waals surface area contributed by atoms with Crippen LogP contribution in [-0.2, 0) is 9.47 Å². The molecule has 0 aromatic heterocycles. The Hall–Kier alpha value is -2.66. The van der Waals surface area contributed by atoms with Gasteiger partial charge in [0.15, 0.2) is 6.23 Å². The minimum Gasteiger partial charge on any atom is -0.462 e. The molecule has 0 bridgehead atoms. The highest BCUT2D eigenvalue weighted by molar-refractivity contribution is 5.89. The molecule has 1 unspecified atom stereocenters. The lowest BCUT2D eigenvalue weighted by molar-refractivity contribution is 0.0201. The lowest BCUT2D eigenvalue weighted by Crippen LogP contribution is -2.29. The highest BCUT2D eigenvalue weighted by atomic mass is 16.6. The van der Waals surface area contributed by atoms with E-state index in [1.54, 1.807) is 54.6 Å². The summed E-state index contributed by atoms with van der Waals surface area (Å²) in [5.41, 5.74) is 6.60. The molecular weight excluding hydrogens is 282 g/mol. The first-order valence-electron chi connectivity index (χ1n) is 6.90. The van der Waals surface area contributed by atoms with Gasteiger partial charge >= 0.3 is 11.9 Å². The summed E-state index contributed by atoms with van der Waals surface area (Å²) in [6, 6.07) is 17.2. The summed E-state index contributed by atoms with van der Waals surface area (Å²) in [7, 11) is 0. The zero-order valence-corrected chi connectivity index (χ0v) is 12.0. The number of nitrogens with two attached hydrogens (primary N) is 1. The van der Waals surface area contributed by atoms with E-state index in [4.69, 9.17) is 15.2 Å². The fraction of sp³-hybridized carbons (Fsp3) is 0.176. The van der Waals surface area contributed by atoms with Crippen molar-refractivity contribution in [3.05, 3.63) is 71.8 Å². The third-order valence-electron chi connectivity index (χ3n) is 2.91. The Morgan fingerprint density at radius 2 is 1.36 bits per heavy atom. The Morgan fingerprint density at radius 3 is 1.91 bits per heavy atom. The summed E-state index contributed by atoms with van der Waals surface area (Å²) < 4.78 is 10.1. The van der Waals surface area contributed by atoms with Gasteiger partial charge in [-0.3, -0.25) is 5.73 Å². The zero-order chi connectivity index (χ0) is 15.8. The van der Waals surface area contributed by atoms with E-state index in [-0.39, 0.29) is 13.0 Å². The van der Waals surface area contributed by atoms with E-state index in [9.17, 15) is 9.59 Å². The van der Waals surface area contributed by atoms with Crippen molar-refractivity contribution in [2.75, 3.05) is 6.61 Å². The largest absolute Gasteiger partial charge is 0.462 e. The summed E-state index contributed by atoms with van der Waals surface area (Å²) in [5.74, 6) is -0.926. The molecule has 0 saturated heterocycles. The third kappa shape index (κ3) is 4.71. The molecule has 2 N–H and O–H groups in total. The summed E-state index contributed by atoms with van der Waals surface area (Å²) in [4.78, 5) is 23.5. The van der Waals surface area contributed by atoms with Crippen molar-refractivity contribution < 1.29 is 19.1 Å². The maximum Gasteiger partial charge on any atom is 0.339 e. The van der Waals surface area contributed by atoms with E-state index in [0.717, 1.165) is 0 Å². The van der Waals surface area contributed by atoms with Crippen LogP contribution in [0.15, 0.2) is 60.7 Å². The van der Waals surface area contributed by atoms with E-state index < -0.39 is 18.2 Å². The van der Waals surface area contributed by atoms with E-state index in [0.29, 0.717) is 11.1 Å². The number of ether oxygens (including phenoxy) is 2. The van der Waals surface area contributed by atoms with Crippen LogP contribution in [0.25, 0.3) is 0 Å². The van der Waals surface area contributed by atoms with Crippen molar-refractivity contribution >= 4 is 11.9 Å². The van der Waals surface area contributed by atoms with Gasteiger partial charge in [-0.05, 0) is 24.3 Å². The summed E-state index contributed by atoms with van der Waals surface area (Å²) in [5, 5.41) is 0. The van der Waals surface area contributed by atoms with Gasteiger partial charge in [0.25, 0.3) is 0 Å². The average molecular weight is 299 g/mol. The van der Waals surface area contributed by atoms with Crippen LogP contribution in [0.2, 0.25) is 0 Å². The molecule has 2 rings (SSSR count). The van der Waals surface area contributed by atoms with Gasteiger partial charge in [-0.2, -0.15) is 0 Å². The van der Waals surface area contributed by atoms with Gasteiger partial charge in [0.2, 0.25) is 0 Å². The monoisotopic (exact) mass is 299 g/mol. The third-order valence-corrected chi connectivity index (χ3v) is 2.91. The molecular formula is C17H17NO4. The highest BCUT2D eigenvalue weighted by Gasteiger charge is 2.13. The van der Waals surface area contributed by atoms with Crippen molar-refractivity contribution in [1.29, 1.82) is 0 Å². The van der Waals surface area contributed by atoms with Gasteiger partial charge in [0.05, 0.1) is 17.7 Å². The van der Waals surface area contributed by atoms with Crippen LogP contribution in [0.5, 0.6) is 0 Å². The normalized spacial score (nSPS) is 11.5. The predicted molar refractivity (Wildman–Crippen MR) is 81.2 cm³/mol. The van der Waals surface area contributed by atoms with Gasteiger partial charge < -0.3 is 9.47 Å². The molecule has 114 valence electrons. The second-order valence-electron chi connectivity index (χ2n) is 4.60. The second-order valence-corrected chi connectivity index (χ2v) is 4.60. The molecule has 0 saturated carbocycles. The zero-order valence-electron chi connectivity index (χ0n) is 12.0. The predicted octanol–water partition coefficient (Wildman–Crippen LogP) is 2.38. The van der Waals surface area contributed by atoms with Crippen molar-refractivity contribution in [1.82, 2.24) is 0 Å². The molecule has 2 aromatic carbocycles. The van der Waals surface area contributed by atoms with E-state index in [1.807, 2.05) is 6.07 Å². The molecule has 0 heterocycles. The Kier molecular flexibility index (Phi) is 5.68. The maximum atomic E-state index is 11.8. The SMILES string of the molecule is NC(CCOC(=O)c1ccccc1)OC(=O)c1ccccc1. The molecule has 0 aliphatic carbocycles. The van der Waals surface area contributed by atoms with Gasteiger partial charge in [0, 0.05) is 6.42 Å². The first-order valence-corrected chi connectivity index (χ1v) is 6.90. The standard InChI is InChI=1S/C17H17NO4/c18-15(22-17(20)14-9-5-2-6-10-14)11-12-21-16(19)13-7-3-1-4-8-13/h1-10,15H,11-12,18H2. The number of hydrogen-bond donors (Lipinski definition) is 1. The second kappa shape index (κ2) is 7.95. The van der Waals surface area contributed by atoms with Crippen LogP contribution in [0.1, 0.15) is 27.1 Å². The topological polar surface area (TPSA) is 78.6 Å². The first-order chi connectivity index (χ1) is 10.7. The number of carbonyl (C=O) groups is 2. The average Bonchev–Trinajstić information content (AvgIpc) is 2.56. The van der Waals surface area contributed by atoms with E-state index >= 15 is 0 Å². The van der Waals surface area contributed by atoms with Crippen LogP contribution in [0.4, 0.5) is 0 Å². The molecule has 0 amide bonds. The Balaban J connectivity index is 1.73. The molecule has 1 atom stereocenters. The van der Waals surface area contributed by atoms with E-state index in [2.05, 4.69) is 0 Å². The number of esters is 2. The van der Waals surface area contributed by atoms with Crippen molar-refractivity contribution in [2.24, 2.45) is 5.73 Å². The Morgan fingerprint density at radius 1 is 0.864 bits per heavy atom. The highest BCUT2D eigenvalue weighted by Crippen LogP contribution is 2.05. The molecule has 0 spiro atoms. The van der Waals surface area contributed by atoms with Crippen molar-refractivity contribution in [2.45, 2.75) is 12.6 Å². The fourth-order valence-electron chi connectivity index (χ4n) is 1.76. The fourth-order valence-corrected chi connectivity index (χ4v) is 1.76. The van der Waals surface area contributed by atoms with E-state index in [1.165, 1.54) is 0 Å². The molecule has 5 nitrogen and oxygen atoms in total. The molecule has 0 fully saturated rings. The van der Waals surface area contributed by atoms with Gasteiger partial charge in [-0.1, -0.05) is 36.4 Å². The molecule has 0 radical (unpaired) electrons. The maximum absolute atomic E-state index is 11.8. The van der Waals surface area contributed by atoms with Crippen LogP contribution >= 0.6 is 0 Å². The van der Waals surface area contributed by atoms with Crippen molar-refractivity contribution in [3.63, 3.8) is 0 Å². The quantitative estimate of drug-likeness (QED) is 0.654. The summed E-state index contributed by atoms with van der Waals surface area (Å²) in [6.45, 7) is 0.0803. The molecule has 2 aromatic rings.